The maximum atomic E-state index is 13.7. The summed E-state index contributed by atoms with van der Waals surface area (Å²) in [6, 6.07) is 46.3. The molecule has 0 aliphatic carbocycles. The predicted octanol–water partition coefficient (Wildman–Crippen LogP) is 8.11. The Bertz CT molecular complexity index is 1790. The highest BCUT2D eigenvalue weighted by Crippen LogP contribution is 2.46. The fraction of sp³-hybridized carbons (Fsp3) is 0.238. The van der Waals surface area contributed by atoms with Gasteiger partial charge < -0.3 is 19.7 Å². The van der Waals surface area contributed by atoms with Gasteiger partial charge in [-0.3, -0.25) is 9.69 Å². The number of halogens is 1. The highest BCUT2D eigenvalue weighted by atomic mass is 79.9. The number of methoxy groups -OCH3 is 1. The first kappa shape index (κ1) is 33.7. The average Bonchev–Trinajstić information content (AvgIpc) is 3.16. The average molecular weight is 731 g/mol. The Labute approximate surface area is 302 Å². The molecule has 5 aromatic rings. The summed E-state index contributed by atoms with van der Waals surface area (Å²) in [6.07, 6.45) is 0.289. The number of Topliss-reactive ketones (excluding diaryl/α,β-unsaturated/α-hetero) is 1. The van der Waals surface area contributed by atoms with Gasteiger partial charge in [0, 0.05) is 47.7 Å². The van der Waals surface area contributed by atoms with Crippen LogP contribution in [0.25, 0.3) is 0 Å². The summed E-state index contributed by atoms with van der Waals surface area (Å²) in [5.74, 6) is 0.841. The maximum absolute atomic E-state index is 13.7. The Balaban J connectivity index is 1.23. The molecule has 2 fully saturated rings. The molecule has 3 atom stereocenters. The number of benzene rings is 5. The second-order valence-corrected chi connectivity index (χ2v) is 13.8. The van der Waals surface area contributed by atoms with Crippen molar-refractivity contribution in [3.63, 3.8) is 0 Å². The molecule has 5 aromatic carbocycles. The molecule has 0 bridgehead atoms. The van der Waals surface area contributed by atoms with Crippen LogP contribution in [0.2, 0.25) is 0 Å². The number of ether oxygens (including phenoxy) is 2. The van der Waals surface area contributed by atoms with Crippen LogP contribution in [-0.2, 0) is 15.1 Å². The van der Waals surface area contributed by atoms with E-state index in [1.807, 2.05) is 78.9 Å². The normalized spacial score (nSPS) is 19.4. The van der Waals surface area contributed by atoms with Gasteiger partial charge in [0.1, 0.15) is 17.1 Å². The number of hydrogen-bond acceptors (Lipinski definition) is 5. The highest BCUT2D eigenvalue weighted by Gasteiger charge is 2.52. The summed E-state index contributed by atoms with van der Waals surface area (Å²) in [7, 11) is 1.61. The molecule has 7 rings (SSSR count). The van der Waals surface area contributed by atoms with E-state index < -0.39 is 5.60 Å². The first-order valence-electron chi connectivity index (χ1n) is 17.0. The summed E-state index contributed by atoms with van der Waals surface area (Å²) in [4.78, 5) is 31.2. The van der Waals surface area contributed by atoms with Gasteiger partial charge in [-0.25, -0.2) is 4.79 Å². The van der Waals surface area contributed by atoms with E-state index in [2.05, 4.69) is 86.8 Å². The number of hydrogen-bond donors (Lipinski definition) is 1. The van der Waals surface area contributed by atoms with Crippen LogP contribution < -0.4 is 10.1 Å². The lowest BCUT2D eigenvalue weighted by Crippen LogP contribution is -2.69. The first-order chi connectivity index (χ1) is 24.5. The van der Waals surface area contributed by atoms with Crippen LogP contribution in [0.3, 0.4) is 0 Å². The molecule has 2 unspecified atom stereocenters. The molecule has 2 amide bonds. The van der Waals surface area contributed by atoms with Gasteiger partial charge in [-0.1, -0.05) is 119 Å². The molecule has 8 heteroatoms. The van der Waals surface area contributed by atoms with Crippen molar-refractivity contribution in [2.24, 2.45) is 0 Å². The van der Waals surface area contributed by atoms with Crippen molar-refractivity contribution in [3.05, 3.63) is 166 Å². The summed E-state index contributed by atoms with van der Waals surface area (Å²) >= 11 is 3.60. The molecule has 0 saturated carbocycles. The minimum absolute atomic E-state index is 0.0188. The minimum atomic E-state index is -0.893. The molecule has 2 aliphatic rings. The lowest BCUT2D eigenvalue weighted by atomic mass is 9.74. The molecule has 50 heavy (non-hydrogen) atoms. The number of ketones is 1. The molecule has 0 aromatic heterocycles. The van der Waals surface area contributed by atoms with Crippen molar-refractivity contribution in [2.75, 3.05) is 38.7 Å². The van der Waals surface area contributed by atoms with Crippen molar-refractivity contribution in [3.8, 4) is 5.75 Å². The van der Waals surface area contributed by atoms with Crippen LogP contribution in [0.5, 0.6) is 5.75 Å². The Hall–Kier alpha value is -4.76. The van der Waals surface area contributed by atoms with E-state index in [9.17, 15) is 9.59 Å². The van der Waals surface area contributed by atoms with E-state index in [-0.39, 0.29) is 36.2 Å². The Morgan fingerprint density at radius 3 is 1.90 bits per heavy atom. The van der Waals surface area contributed by atoms with Gasteiger partial charge >= 0.3 is 6.03 Å². The number of anilines is 1. The molecular formula is C42H40BrN3O4. The van der Waals surface area contributed by atoms with Gasteiger partial charge in [-0.05, 0) is 58.7 Å². The number of carbonyl (C=O) groups is 2. The van der Waals surface area contributed by atoms with E-state index in [4.69, 9.17) is 9.47 Å². The van der Waals surface area contributed by atoms with E-state index in [1.54, 1.807) is 12.0 Å². The molecular weight excluding hydrogens is 690 g/mol. The monoisotopic (exact) mass is 729 g/mol. The van der Waals surface area contributed by atoms with Crippen LogP contribution in [-0.4, -0.2) is 67.0 Å². The van der Waals surface area contributed by atoms with Crippen LogP contribution in [0.4, 0.5) is 10.5 Å². The SMILES string of the molecule is COc1ccc(NC(=O)N2CCC(=O)CN3C(C2)C(c2ccc(Br)cc2)[C@H]3COC(c2ccccc2)(c2ccccc2)c2ccccc2)cc1. The zero-order valence-corrected chi connectivity index (χ0v) is 29.5. The maximum Gasteiger partial charge on any atom is 0.321 e. The predicted molar refractivity (Wildman–Crippen MR) is 200 cm³/mol. The number of carbonyl (C=O) groups excluding carboxylic acids is 2. The van der Waals surface area contributed by atoms with E-state index in [0.717, 1.165) is 26.7 Å². The van der Waals surface area contributed by atoms with Gasteiger partial charge in [0.25, 0.3) is 0 Å². The van der Waals surface area contributed by atoms with Crippen molar-refractivity contribution < 1.29 is 19.1 Å². The largest absolute Gasteiger partial charge is 0.497 e. The third-order valence-electron chi connectivity index (χ3n) is 10.0. The second kappa shape index (κ2) is 15.0. The van der Waals surface area contributed by atoms with Crippen LogP contribution in [0.15, 0.2) is 144 Å². The van der Waals surface area contributed by atoms with Crippen molar-refractivity contribution in [2.45, 2.75) is 30.0 Å². The molecule has 1 N–H and O–H groups in total. The Morgan fingerprint density at radius 2 is 1.36 bits per heavy atom. The first-order valence-corrected chi connectivity index (χ1v) is 17.8. The Kier molecular flexibility index (Phi) is 10.1. The fourth-order valence-corrected chi connectivity index (χ4v) is 7.76. The van der Waals surface area contributed by atoms with Gasteiger partial charge in [-0.15, -0.1) is 0 Å². The molecule has 7 nitrogen and oxygen atoms in total. The molecule has 0 spiro atoms. The highest BCUT2D eigenvalue weighted by molar-refractivity contribution is 9.10. The third-order valence-corrected chi connectivity index (χ3v) is 10.5. The zero-order chi connectivity index (χ0) is 34.5. The number of amides is 2. The molecule has 2 aliphatic heterocycles. The van der Waals surface area contributed by atoms with Gasteiger partial charge in [0.05, 0.1) is 20.3 Å². The number of urea groups is 1. The topological polar surface area (TPSA) is 71.1 Å². The van der Waals surface area contributed by atoms with E-state index in [1.165, 1.54) is 0 Å². The minimum Gasteiger partial charge on any atom is -0.497 e. The van der Waals surface area contributed by atoms with Crippen molar-refractivity contribution in [1.82, 2.24) is 9.80 Å². The number of fused-ring (bicyclic) bond motifs is 1. The number of nitrogens with zero attached hydrogens (tertiary/aromatic N) is 2. The molecule has 0 radical (unpaired) electrons. The van der Waals surface area contributed by atoms with Gasteiger partial charge in [0.15, 0.2) is 0 Å². The quantitative estimate of drug-likeness (QED) is 0.155. The lowest BCUT2D eigenvalue weighted by molar-refractivity contribution is -0.135. The molecule has 2 saturated heterocycles. The van der Waals surface area contributed by atoms with Crippen molar-refractivity contribution >= 4 is 33.4 Å². The summed E-state index contributed by atoms with van der Waals surface area (Å²) < 4.78 is 13.6. The molecule has 2 heterocycles. The summed E-state index contributed by atoms with van der Waals surface area (Å²) in [5.41, 5.74) is 4.01. The van der Waals surface area contributed by atoms with Crippen molar-refractivity contribution in [1.29, 1.82) is 0 Å². The van der Waals surface area contributed by atoms with Gasteiger partial charge in [-0.2, -0.15) is 0 Å². The zero-order valence-electron chi connectivity index (χ0n) is 28.0. The van der Waals surface area contributed by atoms with Crippen LogP contribution in [0, 0.1) is 0 Å². The van der Waals surface area contributed by atoms with Gasteiger partial charge in [0.2, 0.25) is 0 Å². The fourth-order valence-electron chi connectivity index (χ4n) is 7.49. The van der Waals surface area contributed by atoms with Crippen LogP contribution >= 0.6 is 15.9 Å². The number of nitrogens with one attached hydrogen (secondary N) is 1. The third kappa shape index (κ3) is 6.84. The van der Waals surface area contributed by atoms with Crippen LogP contribution in [0.1, 0.15) is 34.6 Å². The smallest absolute Gasteiger partial charge is 0.321 e. The van der Waals surface area contributed by atoms with E-state index in [0.29, 0.717) is 37.7 Å². The van der Waals surface area contributed by atoms with E-state index >= 15 is 0 Å². The molecule has 254 valence electrons. The summed E-state index contributed by atoms with van der Waals surface area (Å²) in [6.45, 7) is 1.52. The standard InChI is InChI=1S/C42H40BrN3O4/c1-49-37-23-21-35(22-24-37)44-41(48)45-26-25-36(47)27-46-38(28-45)40(30-17-19-34(43)20-18-30)39(46)29-50-42(31-11-5-2-6-12-31,32-13-7-3-8-14-32)33-15-9-4-10-16-33/h2-24,38-40H,25-29H2,1H3,(H,44,48)/t38?,39-,40?/m1/s1. The second-order valence-electron chi connectivity index (χ2n) is 12.9. The lowest BCUT2D eigenvalue weighted by Gasteiger charge is -2.57. The Morgan fingerprint density at radius 1 is 0.800 bits per heavy atom. The summed E-state index contributed by atoms with van der Waals surface area (Å²) in [5, 5.41) is 3.03. The number of rotatable bonds is 9.